The lowest BCUT2D eigenvalue weighted by atomic mass is 10.1. The van der Waals surface area contributed by atoms with E-state index in [0.29, 0.717) is 17.7 Å². The van der Waals surface area contributed by atoms with Crippen molar-refractivity contribution >= 4 is 11.8 Å². The van der Waals surface area contributed by atoms with Gasteiger partial charge in [-0.15, -0.1) is 0 Å². The quantitative estimate of drug-likeness (QED) is 0.512. The van der Waals surface area contributed by atoms with Gasteiger partial charge in [0, 0.05) is 18.0 Å². The maximum atomic E-state index is 12.3. The number of benzene rings is 2. The van der Waals surface area contributed by atoms with Crippen LogP contribution in [0.2, 0.25) is 0 Å². The smallest absolute Gasteiger partial charge is 0.338 e. The number of Topliss-reactive ketones (excluding diaryl/α,β-unsaturated/α-hetero) is 1. The minimum absolute atomic E-state index is 0.218. The molecule has 0 N–H and O–H groups in total. The lowest BCUT2D eigenvalue weighted by Gasteiger charge is -2.12. The molecule has 25 heavy (non-hydrogen) atoms. The second-order valence-electron chi connectivity index (χ2n) is 5.68. The summed E-state index contributed by atoms with van der Waals surface area (Å²) in [4.78, 5) is 24.5. The van der Waals surface area contributed by atoms with Crippen LogP contribution in [0, 0.1) is 0 Å². The Labute approximate surface area is 145 Å². The van der Waals surface area contributed by atoms with Crippen molar-refractivity contribution < 1.29 is 14.3 Å². The number of ether oxygens (including phenoxy) is 1. The van der Waals surface area contributed by atoms with E-state index >= 15 is 0 Å². The molecule has 5 nitrogen and oxygen atoms in total. The molecule has 1 aromatic heterocycles. The van der Waals surface area contributed by atoms with E-state index in [0.717, 1.165) is 5.56 Å². The van der Waals surface area contributed by atoms with E-state index in [2.05, 4.69) is 5.10 Å². The highest BCUT2D eigenvalue weighted by Gasteiger charge is 2.20. The van der Waals surface area contributed by atoms with E-state index < -0.39 is 12.1 Å². The molecule has 0 aliphatic carbocycles. The zero-order valence-electron chi connectivity index (χ0n) is 13.8. The second-order valence-corrected chi connectivity index (χ2v) is 5.68. The highest BCUT2D eigenvalue weighted by molar-refractivity contribution is 6.01. The minimum Gasteiger partial charge on any atom is -0.451 e. The SMILES string of the molecule is CC(OC(=O)c1ccc(Cn2cccn2)cc1)C(=O)c1ccccc1. The Bertz CT molecular complexity index is 840. The van der Waals surface area contributed by atoms with E-state index in [9.17, 15) is 9.59 Å². The van der Waals surface area contributed by atoms with E-state index in [-0.39, 0.29) is 5.78 Å². The molecule has 0 amide bonds. The maximum Gasteiger partial charge on any atom is 0.338 e. The van der Waals surface area contributed by atoms with Crippen LogP contribution in [0.15, 0.2) is 73.1 Å². The Morgan fingerprint density at radius 1 is 1.00 bits per heavy atom. The first-order valence-corrected chi connectivity index (χ1v) is 8.00. The highest BCUT2D eigenvalue weighted by Crippen LogP contribution is 2.11. The molecule has 0 fully saturated rings. The van der Waals surface area contributed by atoms with Gasteiger partial charge in [-0.2, -0.15) is 5.10 Å². The van der Waals surface area contributed by atoms with Gasteiger partial charge in [0.1, 0.15) is 0 Å². The van der Waals surface area contributed by atoms with Gasteiger partial charge in [0.05, 0.1) is 12.1 Å². The van der Waals surface area contributed by atoms with Crippen LogP contribution in [0.25, 0.3) is 0 Å². The van der Waals surface area contributed by atoms with E-state index in [4.69, 9.17) is 4.74 Å². The minimum atomic E-state index is -0.835. The third-order valence-corrected chi connectivity index (χ3v) is 3.80. The van der Waals surface area contributed by atoms with Crippen LogP contribution in [-0.2, 0) is 11.3 Å². The molecule has 3 rings (SSSR count). The van der Waals surface area contributed by atoms with Gasteiger partial charge in [0.25, 0.3) is 0 Å². The third kappa shape index (κ3) is 4.20. The Morgan fingerprint density at radius 3 is 2.36 bits per heavy atom. The fourth-order valence-electron chi connectivity index (χ4n) is 2.45. The van der Waals surface area contributed by atoms with Crippen LogP contribution in [0.4, 0.5) is 0 Å². The lowest BCUT2D eigenvalue weighted by Crippen LogP contribution is -2.24. The molecule has 0 radical (unpaired) electrons. The fourth-order valence-corrected chi connectivity index (χ4v) is 2.45. The molecular formula is C20H18N2O3. The summed E-state index contributed by atoms with van der Waals surface area (Å²) in [5.74, 6) is -0.730. The van der Waals surface area contributed by atoms with Crippen LogP contribution in [0.3, 0.4) is 0 Å². The van der Waals surface area contributed by atoms with Crippen molar-refractivity contribution in [1.82, 2.24) is 9.78 Å². The first kappa shape index (κ1) is 16.6. The summed E-state index contributed by atoms with van der Waals surface area (Å²) in [6, 6.07) is 17.7. The van der Waals surface area contributed by atoms with Gasteiger partial charge < -0.3 is 4.74 Å². The number of rotatable bonds is 6. The molecule has 0 saturated heterocycles. The van der Waals surface area contributed by atoms with Gasteiger partial charge in [-0.3, -0.25) is 9.48 Å². The largest absolute Gasteiger partial charge is 0.451 e. The summed E-state index contributed by atoms with van der Waals surface area (Å²) in [7, 11) is 0. The van der Waals surface area contributed by atoms with Gasteiger partial charge in [-0.05, 0) is 30.7 Å². The molecule has 2 aromatic carbocycles. The Balaban J connectivity index is 1.62. The number of hydrogen-bond acceptors (Lipinski definition) is 4. The standard InChI is InChI=1S/C20H18N2O3/c1-15(19(23)17-6-3-2-4-7-17)25-20(24)18-10-8-16(9-11-18)14-22-13-5-12-21-22/h2-13,15H,14H2,1H3. The van der Waals surface area contributed by atoms with E-state index in [1.54, 1.807) is 54.2 Å². The number of carbonyl (C=O) groups excluding carboxylic acids is 2. The van der Waals surface area contributed by atoms with Crippen molar-refractivity contribution in [2.75, 3.05) is 0 Å². The van der Waals surface area contributed by atoms with Crippen molar-refractivity contribution in [1.29, 1.82) is 0 Å². The second kappa shape index (κ2) is 7.57. The Kier molecular flexibility index (Phi) is 5.04. The topological polar surface area (TPSA) is 61.2 Å². The summed E-state index contributed by atoms with van der Waals surface area (Å²) >= 11 is 0. The molecule has 5 heteroatoms. The van der Waals surface area contributed by atoms with Crippen LogP contribution in [0.5, 0.6) is 0 Å². The molecule has 1 unspecified atom stereocenters. The van der Waals surface area contributed by atoms with Crippen molar-refractivity contribution in [2.24, 2.45) is 0 Å². The molecule has 1 atom stereocenters. The first-order valence-electron chi connectivity index (χ1n) is 8.00. The number of esters is 1. The average molecular weight is 334 g/mol. The number of nitrogens with zero attached hydrogens (tertiary/aromatic N) is 2. The predicted molar refractivity (Wildman–Crippen MR) is 93.4 cm³/mol. The maximum absolute atomic E-state index is 12.3. The fraction of sp³-hybridized carbons (Fsp3) is 0.150. The van der Waals surface area contributed by atoms with Crippen molar-refractivity contribution in [3.05, 3.63) is 89.7 Å². The van der Waals surface area contributed by atoms with Crippen molar-refractivity contribution in [2.45, 2.75) is 19.6 Å². The molecule has 0 aliphatic heterocycles. The van der Waals surface area contributed by atoms with Crippen LogP contribution >= 0.6 is 0 Å². The van der Waals surface area contributed by atoms with Crippen LogP contribution in [0.1, 0.15) is 33.2 Å². The third-order valence-electron chi connectivity index (χ3n) is 3.80. The highest BCUT2D eigenvalue weighted by atomic mass is 16.5. The Hall–Kier alpha value is -3.21. The summed E-state index contributed by atoms with van der Waals surface area (Å²) in [6.45, 7) is 2.21. The van der Waals surface area contributed by atoms with Gasteiger partial charge in [0.15, 0.2) is 6.10 Å². The van der Waals surface area contributed by atoms with E-state index in [1.807, 2.05) is 30.5 Å². The van der Waals surface area contributed by atoms with Gasteiger partial charge in [0.2, 0.25) is 5.78 Å². The van der Waals surface area contributed by atoms with Crippen LogP contribution < -0.4 is 0 Å². The predicted octanol–water partition coefficient (Wildman–Crippen LogP) is 3.36. The normalized spacial score (nSPS) is 11.7. The lowest BCUT2D eigenvalue weighted by molar-refractivity contribution is 0.0319. The molecule has 126 valence electrons. The molecule has 0 aliphatic rings. The summed E-state index contributed by atoms with van der Waals surface area (Å²) in [5.41, 5.74) is 1.96. The number of hydrogen-bond donors (Lipinski definition) is 0. The van der Waals surface area contributed by atoms with Crippen molar-refractivity contribution in [3.8, 4) is 0 Å². The first-order chi connectivity index (χ1) is 12.1. The molecular weight excluding hydrogens is 316 g/mol. The summed E-state index contributed by atoms with van der Waals surface area (Å²) in [6.07, 6.45) is 2.76. The van der Waals surface area contributed by atoms with Crippen molar-refractivity contribution in [3.63, 3.8) is 0 Å². The molecule has 0 spiro atoms. The summed E-state index contributed by atoms with van der Waals surface area (Å²) < 4.78 is 7.09. The Morgan fingerprint density at radius 2 is 1.72 bits per heavy atom. The molecule has 0 saturated carbocycles. The van der Waals surface area contributed by atoms with E-state index in [1.165, 1.54) is 0 Å². The number of carbonyl (C=O) groups is 2. The zero-order valence-corrected chi connectivity index (χ0v) is 13.8. The average Bonchev–Trinajstić information content (AvgIpc) is 3.15. The summed E-state index contributed by atoms with van der Waals surface area (Å²) in [5, 5.41) is 4.14. The van der Waals surface area contributed by atoms with Gasteiger partial charge in [-0.1, -0.05) is 42.5 Å². The van der Waals surface area contributed by atoms with Crippen LogP contribution in [-0.4, -0.2) is 27.6 Å². The molecule has 1 heterocycles. The zero-order chi connectivity index (χ0) is 17.6. The number of aromatic nitrogens is 2. The van der Waals surface area contributed by atoms with Gasteiger partial charge in [-0.25, -0.2) is 4.79 Å². The molecule has 0 bridgehead atoms. The molecule has 3 aromatic rings. The number of ketones is 1. The monoisotopic (exact) mass is 334 g/mol. The van der Waals surface area contributed by atoms with Gasteiger partial charge >= 0.3 is 5.97 Å².